The molecular weight excluding hydrogens is 226 g/mol. The molecule has 3 heterocycles. The van der Waals surface area contributed by atoms with Crippen molar-refractivity contribution in [2.24, 2.45) is 0 Å². The van der Waals surface area contributed by atoms with Crippen molar-refractivity contribution in [3.63, 3.8) is 0 Å². The number of aromatic nitrogens is 2. The summed E-state index contributed by atoms with van der Waals surface area (Å²) in [5, 5.41) is 9.97. The highest BCUT2D eigenvalue weighted by Crippen LogP contribution is 2.30. The second-order valence-electron chi connectivity index (χ2n) is 5.94. The molecule has 2 aliphatic heterocycles. The van der Waals surface area contributed by atoms with Crippen LogP contribution in [0.3, 0.4) is 0 Å². The quantitative estimate of drug-likeness (QED) is 0.870. The van der Waals surface area contributed by atoms with Crippen LogP contribution in [-0.4, -0.2) is 38.7 Å². The van der Waals surface area contributed by atoms with E-state index in [2.05, 4.69) is 24.9 Å². The number of aliphatic hydroxyl groups excluding tert-OH is 1. The molecule has 0 saturated carbocycles. The van der Waals surface area contributed by atoms with Crippen molar-refractivity contribution in [2.75, 3.05) is 13.1 Å². The van der Waals surface area contributed by atoms with Gasteiger partial charge < -0.3 is 14.6 Å². The smallest absolute Gasteiger partial charge is 0.131 e. The lowest BCUT2D eigenvalue weighted by atomic mass is 10.1. The monoisotopic (exact) mass is 249 g/mol. The molecule has 1 N–H and O–H groups in total. The van der Waals surface area contributed by atoms with Gasteiger partial charge in [0.25, 0.3) is 0 Å². The summed E-state index contributed by atoms with van der Waals surface area (Å²) in [7, 11) is 0. The summed E-state index contributed by atoms with van der Waals surface area (Å²) >= 11 is 0. The fourth-order valence-electron chi connectivity index (χ4n) is 3.17. The molecule has 18 heavy (non-hydrogen) atoms. The van der Waals surface area contributed by atoms with Gasteiger partial charge in [-0.3, -0.25) is 0 Å². The normalized spacial score (nSPS) is 28.9. The molecule has 1 fully saturated rings. The number of aryl methyl sites for hydroxylation is 1. The van der Waals surface area contributed by atoms with Crippen LogP contribution in [0.5, 0.6) is 0 Å². The number of aliphatic hydroxyl groups is 1. The van der Waals surface area contributed by atoms with Gasteiger partial charge >= 0.3 is 0 Å². The molecule has 4 nitrogen and oxygen atoms in total. The first-order chi connectivity index (χ1) is 8.65. The summed E-state index contributed by atoms with van der Waals surface area (Å²) in [4.78, 5) is 7.27. The fourth-order valence-corrected chi connectivity index (χ4v) is 3.17. The Morgan fingerprint density at radius 1 is 1.39 bits per heavy atom. The van der Waals surface area contributed by atoms with E-state index >= 15 is 0 Å². The maximum atomic E-state index is 9.97. The van der Waals surface area contributed by atoms with Gasteiger partial charge in [0.2, 0.25) is 0 Å². The zero-order valence-corrected chi connectivity index (χ0v) is 11.3. The summed E-state index contributed by atoms with van der Waals surface area (Å²) in [5.41, 5.74) is 1.19. The number of hydrogen-bond acceptors (Lipinski definition) is 3. The molecule has 0 radical (unpaired) electrons. The topological polar surface area (TPSA) is 41.3 Å². The van der Waals surface area contributed by atoms with E-state index in [1.165, 1.54) is 18.7 Å². The molecule has 0 aromatic carbocycles. The third kappa shape index (κ3) is 2.08. The largest absolute Gasteiger partial charge is 0.373 e. The minimum absolute atomic E-state index is 0.349. The highest BCUT2D eigenvalue weighted by Gasteiger charge is 2.29. The van der Waals surface area contributed by atoms with Gasteiger partial charge in [-0.05, 0) is 39.7 Å². The third-order valence-corrected chi connectivity index (χ3v) is 4.38. The van der Waals surface area contributed by atoms with Gasteiger partial charge in [-0.2, -0.15) is 0 Å². The number of likely N-dealkylation sites (tertiary alicyclic amines) is 1. The van der Waals surface area contributed by atoms with Crippen LogP contribution in [0.2, 0.25) is 0 Å². The van der Waals surface area contributed by atoms with Crippen LogP contribution in [0.15, 0.2) is 6.20 Å². The Labute approximate surface area is 109 Å². The molecule has 0 spiro atoms. The van der Waals surface area contributed by atoms with Crippen LogP contribution in [0, 0.1) is 0 Å². The predicted octanol–water partition coefficient (Wildman–Crippen LogP) is 1.91. The average molecular weight is 249 g/mol. The summed E-state index contributed by atoms with van der Waals surface area (Å²) in [6.07, 6.45) is 5.87. The molecule has 3 rings (SSSR count). The van der Waals surface area contributed by atoms with Crippen molar-refractivity contribution in [2.45, 2.75) is 57.7 Å². The van der Waals surface area contributed by atoms with E-state index < -0.39 is 0 Å². The molecule has 2 atom stereocenters. The van der Waals surface area contributed by atoms with E-state index in [9.17, 15) is 5.11 Å². The minimum Gasteiger partial charge on any atom is -0.373 e. The molecule has 0 bridgehead atoms. The van der Waals surface area contributed by atoms with E-state index in [0.717, 1.165) is 31.6 Å². The summed E-state index contributed by atoms with van der Waals surface area (Å²) < 4.78 is 1.98. The van der Waals surface area contributed by atoms with Crippen molar-refractivity contribution in [3.05, 3.63) is 17.7 Å². The van der Waals surface area contributed by atoms with E-state index in [1.54, 1.807) is 0 Å². The first-order valence-corrected chi connectivity index (χ1v) is 7.15. The van der Waals surface area contributed by atoms with E-state index in [-0.39, 0.29) is 6.23 Å². The third-order valence-electron chi connectivity index (χ3n) is 4.38. The van der Waals surface area contributed by atoms with Crippen LogP contribution in [0.25, 0.3) is 0 Å². The molecule has 1 saturated heterocycles. The molecule has 2 unspecified atom stereocenters. The van der Waals surface area contributed by atoms with E-state index in [4.69, 9.17) is 4.98 Å². The molecular formula is C14H23N3O. The van der Waals surface area contributed by atoms with Gasteiger partial charge in [0.15, 0.2) is 0 Å². The summed E-state index contributed by atoms with van der Waals surface area (Å²) in [5.74, 6) is 1.63. The van der Waals surface area contributed by atoms with Crippen LogP contribution < -0.4 is 0 Å². The Morgan fingerprint density at radius 2 is 2.22 bits per heavy atom. The Morgan fingerprint density at radius 3 is 2.89 bits per heavy atom. The average Bonchev–Trinajstić information content (AvgIpc) is 2.95. The predicted molar refractivity (Wildman–Crippen MR) is 70.5 cm³/mol. The van der Waals surface area contributed by atoms with Crippen molar-refractivity contribution in [1.29, 1.82) is 0 Å². The molecule has 0 amide bonds. The highest BCUT2D eigenvalue weighted by molar-refractivity contribution is 5.14. The van der Waals surface area contributed by atoms with Crippen molar-refractivity contribution >= 4 is 0 Å². The first-order valence-electron chi connectivity index (χ1n) is 7.15. The van der Waals surface area contributed by atoms with Gasteiger partial charge in [-0.25, -0.2) is 4.98 Å². The van der Waals surface area contributed by atoms with Gasteiger partial charge in [0, 0.05) is 31.1 Å². The zero-order valence-electron chi connectivity index (χ0n) is 11.3. The van der Waals surface area contributed by atoms with Crippen molar-refractivity contribution in [1.82, 2.24) is 14.5 Å². The van der Waals surface area contributed by atoms with Crippen molar-refractivity contribution in [3.8, 4) is 0 Å². The number of imidazole rings is 1. The first kappa shape index (κ1) is 12.2. The van der Waals surface area contributed by atoms with Gasteiger partial charge in [-0.1, -0.05) is 0 Å². The molecule has 1 aromatic heterocycles. The maximum Gasteiger partial charge on any atom is 0.131 e. The van der Waals surface area contributed by atoms with Crippen LogP contribution in [0.4, 0.5) is 0 Å². The second kappa shape index (κ2) is 4.67. The van der Waals surface area contributed by atoms with Crippen LogP contribution in [-0.2, 0) is 6.42 Å². The lowest BCUT2D eigenvalue weighted by Crippen LogP contribution is -2.27. The Hall–Kier alpha value is -0.870. The minimum atomic E-state index is -0.349. The lowest BCUT2D eigenvalue weighted by molar-refractivity contribution is 0.0780. The molecule has 0 aliphatic carbocycles. The van der Waals surface area contributed by atoms with Gasteiger partial charge in [0.05, 0.1) is 5.69 Å². The molecule has 100 valence electrons. The molecule has 4 heteroatoms. The van der Waals surface area contributed by atoms with E-state index in [0.29, 0.717) is 12.0 Å². The lowest BCUT2D eigenvalue weighted by Gasteiger charge is -2.19. The molecule has 1 aromatic rings. The summed E-state index contributed by atoms with van der Waals surface area (Å²) in [6.45, 7) is 6.80. The van der Waals surface area contributed by atoms with Crippen LogP contribution in [0.1, 0.15) is 56.8 Å². The number of fused-ring (bicyclic) bond motifs is 1. The number of rotatable bonds is 2. The SMILES string of the molecule is CC(C)N1CCC(c2cn3c(n2)CCCC3O)C1. The summed E-state index contributed by atoms with van der Waals surface area (Å²) in [6, 6.07) is 0.623. The maximum absolute atomic E-state index is 9.97. The van der Waals surface area contributed by atoms with Gasteiger partial charge in [-0.15, -0.1) is 0 Å². The number of nitrogens with zero attached hydrogens (tertiary/aromatic N) is 3. The standard InChI is InChI=1S/C14H23N3O/c1-10(2)16-7-6-11(8-16)12-9-17-13(15-12)4-3-5-14(17)18/h9-11,14,18H,3-8H2,1-2H3. The fraction of sp³-hybridized carbons (Fsp3) is 0.786. The Balaban J connectivity index is 1.78. The Kier molecular flexibility index (Phi) is 3.16. The highest BCUT2D eigenvalue weighted by atomic mass is 16.3. The second-order valence-corrected chi connectivity index (χ2v) is 5.94. The Bertz CT molecular complexity index is 427. The van der Waals surface area contributed by atoms with Crippen molar-refractivity contribution < 1.29 is 5.11 Å². The zero-order chi connectivity index (χ0) is 12.7. The van der Waals surface area contributed by atoms with E-state index in [1.807, 2.05) is 4.57 Å². The molecule has 2 aliphatic rings. The number of hydrogen-bond donors (Lipinski definition) is 1. The van der Waals surface area contributed by atoms with Gasteiger partial charge in [0.1, 0.15) is 12.1 Å². The van der Waals surface area contributed by atoms with Crippen LogP contribution >= 0.6 is 0 Å².